The maximum atomic E-state index is 12.5. The Morgan fingerprint density at radius 3 is 2.67 bits per heavy atom. The number of carbonyl (C=O) groups excluding carboxylic acids is 1. The van der Waals surface area contributed by atoms with E-state index in [1.165, 1.54) is 12.4 Å². The molecular weight excluding hydrogens is 388 g/mol. The van der Waals surface area contributed by atoms with Gasteiger partial charge in [0.05, 0.1) is 11.0 Å². The smallest absolute Gasteiger partial charge is 0.410 e. The fourth-order valence-corrected chi connectivity index (χ4v) is 3.99. The van der Waals surface area contributed by atoms with Gasteiger partial charge in [-0.25, -0.2) is 14.8 Å². The molecule has 10 nitrogen and oxygen atoms in total. The molecule has 0 aliphatic carbocycles. The number of nitrogens with one attached hydrogen (secondary N) is 1. The third-order valence-corrected chi connectivity index (χ3v) is 5.22. The van der Waals surface area contributed by atoms with Crippen LogP contribution < -0.4 is 10.2 Å². The molecule has 2 bridgehead atoms. The third kappa shape index (κ3) is 3.98. The average Bonchev–Trinajstić information content (AvgIpc) is 3.28. The van der Waals surface area contributed by atoms with Crippen molar-refractivity contribution in [1.82, 2.24) is 14.9 Å². The van der Waals surface area contributed by atoms with E-state index in [4.69, 9.17) is 4.74 Å². The number of benzene rings is 1. The molecule has 30 heavy (non-hydrogen) atoms. The Labute approximate surface area is 174 Å². The molecule has 0 radical (unpaired) electrons. The zero-order valence-corrected chi connectivity index (χ0v) is 17.1. The molecule has 10 heteroatoms. The first kappa shape index (κ1) is 19.9. The Hall–Kier alpha value is -3.43. The van der Waals surface area contributed by atoms with Gasteiger partial charge in [0.25, 0.3) is 5.69 Å². The van der Waals surface area contributed by atoms with E-state index in [1.54, 1.807) is 29.3 Å². The number of hydrogen-bond acceptors (Lipinski definition) is 8. The number of nitrogens with zero attached hydrogens (tertiary/aromatic N) is 5. The minimum Gasteiger partial charge on any atom is -0.444 e. The van der Waals surface area contributed by atoms with Crippen molar-refractivity contribution < 1.29 is 14.5 Å². The van der Waals surface area contributed by atoms with Crippen LogP contribution in [0.5, 0.6) is 0 Å². The van der Waals surface area contributed by atoms with E-state index in [9.17, 15) is 14.9 Å². The van der Waals surface area contributed by atoms with Crippen LogP contribution in [0, 0.1) is 10.1 Å². The first-order valence-corrected chi connectivity index (χ1v) is 9.79. The number of amides is 1. The van der Waals surface area contributed by atoms with Crippen molar-refractivity contribution in [3.05, 3.63) is 46.9 Å². The van der Waals surface area contributed by atoms with E-state index in [-0.39, 0.29) is 23.9 Å². The molecule has 1 N–H and O–H groups in total. The van der Waals surface area contributed by atoms with Crippen LogP contribution in [0.3, 0.4) is 0 Å². The summed E-state index contributed by atoms with van der Waals surface area (Å²) in [5.74, 6) is 0.476. The SMILES string of the molecule is CC(C)(C)OC(=O)N1C[C@H]2C[C@@H]1CN2c1ccc([N+](=O)[O-])c(Nc2ccncn2)c1. The zero-order valence-electron chi connectivity index (χ0n) is 17.1. The molecule has 2 aliphatic heterocycles. The van der Waals surface area contributed by atoms with Crippen LogP contribution in [0.15, 0.2) is 36.8 Å². The number of piperazine rings is 1. The molecule has 2 fully saturated rings. The number of hydrogen-bond donors (Lipinski definition) is 1. The molecule has 2 aliphatic rings. The van der Waals surface area contributed by atoms with Crippen LogP contribution in [-0.2, 0) is 4.74 Å². The molecule has 1 amide bonds. The summed E-state index contributed by atoms with van der Waals surface area (Å²) in [6, 6.07) is 6.87. The Kier molecular flexibility index (Phi) is 4.92. The van der Waals surface area contributed by atoms with Gasteiger partial charge in [-0.3, -0.25) is 10.1 Å². The largest absolute Gasteiger partial charge is 0.444 e. The number of carbonyl (C=O) groups is 1. The molecule has 1 aromatic carbocycles. The van der Waals surface area contributed by atoms with Gasteiger partial charge in [-0.15, -0.1) is 0 Å². The normalized spacial score (nSPS) is 20.4. The minimum atomic E-state index is -0.529. The summed E-state index contributed by atoms with van der Waals surface area (Å²) in [6.45, 7) is 6.80. The van der Waals surface area contributed by atoms with Crippen molar-refractivity contribution in [2.45, 2.75) is 44.9 Å². The van der Waals surface area contributed by atoms with E-state index >= 15 is 0 Å². The third-order valence-electron chi connectivity index (χ3n) is 5.22. The lowest BCUT2D eigenvalue weighted by atomic mass is 10.2. The van der Waals surface area contributed by atoms with Gasteiger partial charge in [0.15, 0.2) is 0 Å². The second kappa shape index (κ2) is 7.43. The molecule has 1 aromatic heterocycles. The van der Waals surface area contributed by atoms with Crippen molar-refractivity contribution in [2.75, 3.05) is 23.3 Å². The first-order chi connectivity index (χ1) is 14.2. The average molecular weight is 412 g/mol. The predicted molar refractivity (Wildman–Crippen MR) is 111 cm³/mol. The van der Waals surface area contributed by atoms with Gasteiger partial charge in [-0.1, -0.05) is 0 Å². The molecular formula is C20H24N6O4. The lowest BCUT2D eigenvalue weighted by Crippen LogP contribution is -2.50. The molecule has 2 saturated heterocycles. The lowest BCUT2D eigenvalue weighted by Gasteiger charge is -2.36. The van der Waals surface area contributed by atoms with Crippen LogP contribution >= 0.6 is 0 Å². The number of nitro groups is 1. The fourth-order valence-electron chi connectivity index (χ4n) is 3.99. The summed E-state index contributed by atoms with van der Waals surface area (Å²) in [6.07, 6.45) is 3.51. The Morgan fingerprint density at radius 1 is 1.27 bits per heavy atom. The summed E-state index contributed by atoms with van der Waals surface area (Å²) in [5, 5.41) is 14.5. The van der Waals surface area contributed by atoms with E-state index in [0.29, 0.717) is 24.6 Å². The van der Waals surface area contributed by atoms with Gasteiger partial charge in [-0.05, 0) is 45.4 Å². The van der Waals surface area contributed by atoms with Gasteiger partial charge in [0.1, 0.15) is 23.4 Å². The molecule has 3 heterocycles. The number of nitro benzene ring substituents is 1. The Bertz CT molecular complexity index is 962. The van der Waals surface area contributed by atoms with Crippen molar-refractivity contribution in [1.29, 1.82) is 0 Å². The van der Waals surface area contributed by atoms with Gasteiger partial charge < -0.3 is 19.9 Å². The van der Waals surface area contributed by atoms with Crippen molar-refractivity contribution in [3.8, 4) is 0 Å². The highest BCUT2D eigenvalue weighted by molar-refractivity contribution is 5.74. The summed E-state index contributed by atoms with van der Waals surface area (Å²) >= 11 is 0. The van der Waals surface area contributed by atoms with Gasteiger partial charge >= 0.3 is 6.09 Å². The van der Waals surface area contributed by atoms with E-state index in [0.717, 1.165) is 12.1 Å². The second-order valence-corrected chi connectivity index (χ2v) is 8.51. The van der Waals surface area contributed by atoms with Gasteiger partial charge in [0.2, 0.25) is 0 Å². The van der Waals surface area contributed by atoms with Crippen LogP contribution in [0.1, 0.15) is 27.2 Å². The maximum Gasteiger partial charge on any atom is 0.410 e. The van der Waals surface area contributed by atoms with E-state index < -0.39 is 10.5 Å². The molecule has 0 saturated carbocycles. The second-order valence-electron chi connectivity index (χ2n) is 8.51. The van der Waals surface area contributed by atoms with Crippen molar-refractivity contribution in [3.63, 3.8) is 0 Å². The number of aromatic nitrogens is 2. The van der Waals surface area contributed by atoms with Crippen LogP contribution in [0.2, 0.25) is 0 Å². The molecule has 158 valence electrons. The summed E-state index contributed by atoms with van der Waals surface area (Å²) in [4.78, 5) is 35.4. The summed E-state index contributed by atoms with van der Waals surface area (Å²) in [7, 11) is 0. The highest BCUT2D eigenvalue weighted by Gasteiger charge is 2.46. The number of rotatable bonds is 4. The summed E-state index contributed by atoms with van der Waals surface area (Å²) in [5.41, 5.74) is 0.673. The topological polar surface area (TPSA) is 114 Å². The molecule has 2 aromatic rings. The lowest BCUT2D eigenvalue weighted by molar-refractivity contribution is -0.383. The number of anilines is 3. The van der Waals surface area contributed by atoms with Crippen molar-refractivity contribution >= 4 is 29.0 Å². The van der Waals surface area contributed by atoms with Gasteiger partial charge in [-0.2, -0.15) is 0 Å². The fraction of sp³-hybridized carbons (Fsp3) is 0.450. The highest BCUT2D eigenvalue weighted by Crippen LogP contribution is 2.38. The number of fused-ring (bicyclic) bond motifs is 2. The van der Waals surface area contributed by atoms with Crippen LogP contribution in [0.25, 0.3) is 0 Å². The standard InChI is InChI=1S/C20H24N6O4/c1-20(2,3)30-19(27)25-11-14-8-15(25)10-24(14)13-4-5-17(26(28)29)16(9-13)23-18-6-7-21-12-22-18/h4-7,9,12,14-15H,8,10-11H2,1-3H3,(H,21,22,23)/t14-,15-/m1/s1. The minimum absolute atomic E-state index is 0.0305. The monoisotopic (exact) mass is 412 g/mol. The number of likely N-dealkylation sites (tertiary alicyclic amines) is 1. The number of ether oxygens (including phenoxy) is 1. The molecule has 0 unspecified atom stereocenters. The zero-order chi connectivity index (χ0) is 21.5. The van der Waals surface area contributed by atoms with Crippen LogP contribution in [-0.4, -0.2) is 56.7 Å². The Morgan fingerprint density at radius 2 is 2.07 bits per heavy atom. The van der Waals surface area contributed by atoms with Crippen molar-refractivity contribution in [2.24, 2.45) is 0 Å². The molecule has 4 rings (SSSR count). The Balaban J connectivity index is 1.53. The molecule has 2 atom stereocenters. The van der Waals surface area contributed by atoms with E-state index in [1.807, 2.05) is 20.8 Å². The highest BCUT2D eigenvalue weighted by atomic mass is 16.6. The van der Waals surface area contributed by atoms with Crippen LogP contribution in [0.4, 0.5) is 27.7 Å². The maximum absolute atomic E-state index is 12.5. The first-order valence-electron chi connectivity index (χ1n) is 9.79. The quantitative estimate of drug-likeness (QED) is 0.601. The summed E-state index contributed by atoms with van der Waals surface area (Å²) < 4.78 is 5.51. The van der Waals surface area contributed by atoms with Gasteiger partial charge in [0, 0.05) is 37.1 Å². The molecule has 0 spiro atoms. The van der Waals surface area contributed by atoms with E-state index in [2.05, 4.69) is 20.2 Å². The predicted octanol–water partition coefficient (Wildman–Crippen LogP) is 3.33.